The maximum atomic E-state index is 8.74. The van der Waals surface area contributed by atoms with Gasteiger partial charge in [0.05, 0.1) is 7.11 Å². The third kappa shape index (κ3) is 2.31. The van der Waals surface area contributed by atoms with Gasteiger partial charge < -0.3 is 10.5 Å². The lowest BCUT2D eigenvalue weighted by molar-refractivity contribution is 0.397. The molecule has 3 N–H and O–H groups in total. The largest absolute Gasteiger partial charge is 0.481 e. The van der Waals surface area contributed by atoms with Crippen molar-refractivity contribution < 1.29 is 4.74 Å². The summed E-state index contributed by atoms with van der Waals surface area (Å²) in [5, 5.41) is 15.9. The molecule has 0 spiro atoms. The summed E-state index contributed by atoms with van der Waals surface area (Å²) in [7, 11) is 1.45. The van der Waals surface area contributed by atoms with Gasteiger partial charge in [-0.3, -0.25) is 5.41 Å². The fraction of sp³-hybridized carbons (Fsp3) is 0.250. The number of aryl methyl sites for hydroxylation is 1. The van der Waals surface area contributed by atoms with Gasteiger partial charge in [-0.1, -0.05) is 0 Å². The number of rotatable bonds is 2. The maximum Gasteiger partial charge on any atom is 0.249 e. The van der Waals surface area contributed by atoms with Crippen LogP contribution in [0.15, 0.2) is 6.07 Å². The number of hydrogen-bond donors (Lipinski definition) is 2. The molecule has 7 heteroatoms. The first-order chi connectivity index (χ1) is 7.08. The number of nitrogens with zero attached hydrogens (tertiary/aromatic N) is 4. The van der Waals surface area contributed by atoms with Gasteiger partial charge in [0, 0.05) is 11.8 Å². The second-order valence-electron chi connectivity index (χ2n) is 2.67. The summed E-state index contributed by atoms with van der Waals surface area (Å²) >= 11 is 0. The second-order valence-corrected chi connectivity index (χ2v) is 2.67. The number of ether oxygens (including phenoxy) is 1. The average Bonchev–Trinajstić information content (AvgIpc) is 2.17. The minimum absolute atomic E-state index is 0.0295. The monoisotopic (exact) mass is 206 g/mol. The molecule has 1 aromatic heterocycles. The molecule has 0 saturated carbocycles. The van der Waals surface area contributed by atoms with Gasteiger partial charge in [-0.25, -0.2) is 4.98 Å². The SMILES string of the molecule is COc1cc(C)nc(N(C#N)C(=N)N)n1. The molecule has 0 aliphatic heterocycles. The van der Waals surface area contributed by atoms with E-state index in [-0.39, 0.29) is 5.95 Å². The van der Waals surface area contributed by atoms with Gasteiger partial charge in [-0.15, -0.1) is 0 Å². The van der Waals surface area contributed by atoms with Crippen LogP contribution in [0, 0.1) is 23.8 Å². The summed E-state index contributed by atoms with van der Waals surface area (Å²) in [5.74, 6) is -0.0917. The van der Waals surface area contributed by atoms with E-state index in [1.54, 1.807) is 19.2 Å². The molecule has 0 bridgehead atoms. The lowest BCUT2D eigenvalue weighted by Gasteiger charge is -2.11. The van der Waals surface area contributed by atoms with Crippen molar-refractivity contribution in [3.8, 4) is 12.1 Å². The van der Waals surface area contributed by atoms with E-state index in [4.69, 9.17) is 21.1 Å². The molecule has 0 atom stereocenters. The number of hydrogen-bond acceptors (Lipinski definition) is 5. The first-order valence-electron chi connectivity index (χ1n) is 4.02. The number of anilines is 1. The van der Waals surface area contributed by atoms with Crippen LogP contribution in [0.3, 0.4) is 0 Å². The van der Waals surface area contributed by atoms with E-state index >= 15 is 0 Å². The van der Waals surface area contributed by atoms with Crippen LogP contribution in [0.5, 0.6) is 5.88 Å². The van der Waals surface area contributed by atoms with Crippen LogP contribution in [-0.2, 0) is 0 Å². The lowest BCUT2D eigenvalue weighted by Crippen LogP contribution is -2.33. The summed E-state index contributed by atoms with van der Waals surface area (Å²) in [4.78, 5) is 8.66. The van der Waals surface area contributed by atoms with Gasteiger partial charge in [0.15, 0.2) is 6.19 Å². The Balaban J connectivity index is 3.19. The van der Waals surface area contributed by atoms with E-state index in [2.05, 4.69) is 9.97 Å². The average molecular weight is 206 g/mol. The molecule has 1 rings (SSSR count). The molecule has 0 unspecified atom stereocenters. The van der Waals surface area contributed by atoms with Crippen molar-refractivity contribution in [1.29, 1.82) is 10.7 Å². The van der Waals surface area contributed by atoms with Crippen molar-refractivity contribution in [3.05, 3.63) is 11.8 Å². The van der Waals surface area contributed by atoms with E-state index < -0.39 is 5.96 Å². The van der Waals surface area contributed by atoms with Crippen LogP contribution >= 0.6 is 0 Å². The van der Waals surface area contributed by atoms with Crippen LogP contribution in [0.2, 0.25) is 0 Å². The highest BCUT2D eigenvalue weighted by Crippen LogP contribution is 2.13. The first kappa shape index (κ1) is 10.7. The predicted octanol–water partition coefficient (Wildman–Crippen LogP) is -0.0254. The van der Waals surface area contributed by atoms with Crippen LogP contribution in [0.25, 0.3) is 0 Å². The zero-order chi connectivity index (χ0) is 11.4. The Morgan fingerprint density at radius 2 is 2.33 bits per heavy atom. The van der Waals surface area contributed by atoms with E-state index in [0.29, 0.717) is 11.6 Å². The zero-order valence-electron chi connectivity index (χ0n) is 8.35. The normalized spacial score (nSPS) is 9.13. The van der Waals surface area contributed by atoms with Gasteiger partial charge in [0.25, 0.3) is 0 Å². The Labute approximate surface area is 86.6 Å². The Bertz CT molecular complexity index is 424. The molecule has 7 nitrogen and oxygen atoms in total. The second kappa shape index (κ2) is 4.23. The van der Waals surface area contributed by atoms with Gasteiger partial charge in [-0.2, -0.15) is 15.1 Å². The van der Waals surface area contributed by atoms with Crippen molar-refractivity contribution in [2.45, 2.75) is 6.92 Å². The molecule has 0 aliphatic rings. The molecule has 0 amide bonds. The number of aromatic nitrogens is 2. The van der Waals surface area contributed by atoms with Gasteiger partial charge in [-0.05, 0) is 6.92 Å². The van der Waals surface area contributed by atoms with Gasteiger partial charge >= 0.3 is 0 Å². The summed E-state index contributed by atoms with van der Waals surface area (Å²) in [6, 6.07) is 1.61. The van der Waals surface area contributed by atoms with E-state index in [9.17, 15) is 0 Å². The molecular weight excluding hydrogens is 196 g/mol. The third-order valence-corrected chi connectivity index (χ3v) is 1.57. The molecule has 1 aromatic rings. The smallest absolute Gasteiger partial charge is 0.249 e. The summed E-state index contributed by atoms with van der Waals surface area (Å²) in [6.45, 7) is 1.73. The van der Waals surface area contributed by atoms with Crippen molar-refractivity contribution >= 4 is 11.9 Å². The summed E-state index contributed by atoms with van der Waals surface area (Å²) < 4.78 is 4.91. The van der Waals surface area contributed by atoms with Crippen LogP contribution in [0.1, 0.15) is 5.69 Å². The predicted molar refractivity (Wildman–Crippen MR) is 53.3 cm³/mol. The number of nitrogens with one attached hydrogen (secondary N) is 1. The Morgan fingerprint density at radius 1 is 1.67 bits per heavy atom. The quantitative estimate of drug-likeness (QED) is 0.304. The molecule has 0 fully saturated rings. The number of methoxy groups -OCH3 is 1. The highest BCUT2D eigenvalue weighted by atomic mass is 16.5. The zero-order valence-corrected chi connectivity index (χ0v) is 8.35. The number of guanidine groups is 1. The summed E-state index contributed by atoms with van der Waals surface area (Å²) in [6.07, 6.45) is 1.70. The Hall–Kier alpha value is -2.36. The fourth-order valence-electron chi connectivity index (χ4n) is 0.935. The molecule has 15 heavy (non-hydrogen) atoms. The molecular formula is C8H10N6O. The van der Waals surface area contributed by atoms with E-state index in [1.165, 1.54) is 7.11 Å². The van der Waals surface area contributed by atoms with Crippen molar-refractivity contribution in [2.24, 2.45) is 5.73 Å². The Kier molecular flexibility index (Phi) is 3.03. The standard InChI is InChI=1S/C8H10N6O/c1-5-3-6(15-2)13-8(12-5)14(4-9)7(10)11/h3H,1-2H3,(H3,10,11). The molecule has 0 saturated heterocycles. The number of nitriles is 1. The van der Waals surface area contributed by atoms with Crippen LogP contribution < -0.4 is 15.4 Å². The van der Waals surface area contributed by atoms with E-state index in [1.807, 2.05) is 0 Å². The molecule has 0 aromatic carbocycles. The molecule has 0 aliphatic carbocycles. The topological polar surface area (TPSA) is 112 Å². The Morgan fingerprint density at radius 3 is 2.80 bits per heavy atom. The van der Waals surface area contributed by atoms with Crippen molar-refractivity contribution in [3.63, 3.8) is 0 Å². The maximum absolute atomic E-state index is 8.74. The van der Waals surface area contributed by atoms with Crippen molar-refractivity contribution in [2.75, 3.05) is 12.0 Å². The fourth-order valence-corrected chi connectivity index (χ4v) is 0.935. The minimum Gasteiger partial charge on any atom is -0.481 e. The highest BCUT2D eigenvalue weighted by molar-refractivity contribution is 5.93. The summed E-state index contributed by atoms with van der Waals surface area (Å²) in [5.41, 5.74) is 5.81. The minimum atomic E-state index is -0.440. The lowest BCUT2D eigenvalue weighted by atomic mass is 10.4. The van der Waals surface area contributed by atoms with Gasteiger partial charge in [0.2, 0.25) is 17.8 Å². The van der Waals surface area contributed by atoms with Crippen LogP contribution in [-0.4, -0.2) is 23.0 Å². The van der Waals surface area contributed by atoms with Crippen molar-refractivity contribution in [1.82, 2.24) is 9.97 Å². The van der Waals surface area contributed by atoms with E-state index in [0.717, 1.165) is 4.90 Å². The number of nitrogens with two attached hydrogens (primary N) is 1. The van der Waals surface area contributed by atoms with Crippen LogP contribution in [0.4, 0.5) is 5.95 Å². The molecule has 0 radical (unpaired) electrons. The van der Waals surface area contributed by atoms with Gasteiger partial charge in [0.1, 0.15) is 0 Å². The molecule has 1 heterocycles. The molecule has 78 valence electrons. The first-order valence-corrected chi connectivity index (χ1v) is 4.02. The third-order valence-electron chi connectivity index (χ3n) is 1.57. The highest BCUT2D eigenvalue weighted by Gasteiger charge is 2.13.